The Labute approximate surface area is 93.5 Å². The Morgan fingerprint density at radius 3 is 2.44 bits per heavy atom. The van der Waals surface area contributed by atoms with Gasteiger partial charge in [0, 0.05) is 17.9 Å². The third-order valence-corrected chi connectivity index (χ3v) is 2.75. The fraction of sp³-hybridized carbons (Fsp3) is 0.100. The van der Waals surface area contributed by atoms with Gasteiger partial charge in [-0.1, -0.05) is 0 Å². The van der Waals surface area contributed by atoms with Crippen LogP contribution in [-0.4, -0.2) is 4.98 Å². The van der Waals surface area contributed by atoms with Crippen LogP contribution in [0.15, 0.2) is 17.5 Å². The van der Waals surface area contributed by atoms with E-state index in [9.17, 15) is 13.2 Å². The highest BCUT2D eigenvalue weighted by molar-refractivity contribution is 7.13. The maximum atomic E-state index is 13.3. The molecule has 0 unspecified atom stereocenters. The zero-order valence-corrected chi connectivity index (χ0v) is 8.82. The van der Waals surface area contributed by atoms with Crippen LogP contribution in [0.4, 0.5) is 18.3 Å². The standard InChI is InChI=1S/C10H7F3N2S/c11-7-3-9(13)8(12)2-5(7)1-6-4-16-10(14)15-6/h2-4H,1H2,(H2,14,15). The van der Waals surface area contributed by atoms with E-state index in [0.29, 0.717) is 16.9 Å². The van der Waals surface area contributed by atoms with Crippen LogP contribution in [0.25, 0.3) is 0 Å². The zero-order valence-electron chi connectivity index (χ0n) is 8.01. The zero-order chi connectivity index (χ0) is 11.7. The fourth-order valence-electron chi connectivity index (χ4n) is 1.30. The molecule has 1 aromatic heterocycles. The number of aromatic nitrogens is 1. The summed E-state index contributed by atoms with van der Waals surface area (Å²) in [5, 5.41) is 2.01. The van der Waals surface area contributed by atoms with Gasteiger partial charge in [-0.3, -0.25) is 0 Å². The molecule has 2 nitrogen and oxygen atoms in total. The van der Waals surface area contributed by atoms with Gasteiger partial charge in [0.25, 0.3) is 0 Å². The van der Waals surface area contributed by atoms with Crippen LogP contribution in [0.1, 0.15) is 11.3 Å². The molecule has 0 radical (unpaired) electrons. The third-order valence-electron chi connectivity index (χ3n) is 2.03. The Kier molecular flexibility index (Phi) is 2.82. The summed E-state index contributed by atoms with van der Waals surface area (Å²) in [6.07, 6.45) is 0.0940. The number of benzene rings is 1. The normalized spacial score (nSPS) is 10.7. The largest absolute Gasteiger partial charge is 0.375 e. The van der Waals surface area contributed by atoms with Gasteiger partial charge in [0.2, 0.25) is 0 Å². The Balaban J connectivity index is 2.31. The second-order valence-electron chi connectivity index (χ2n) is 3.21. The quantitative estimate of drug-likeness (QED) is 0.825. The average molecular weight is 244 g/mol. The molecule has 0 aliphatic heterocycles. The average Bonchev–Trinajstić information content (AvgIpc) is 2.60. The molecule has 0 aliphatic carbocycles. The number of anilines is 1. The number of thiazole rings is 1. The van der Waals surface area contributed by atoms with Crippen LogP contribution < -0.4 is 5.73 Å². The van der Waals surface area contributed by atoms with Crippen LogP contribution in [0, 0.1) is 17.5 Å². The summed E-state index contributed by atoms with van der Waals surface area (Å²) in [5.41, 5.74) is 6.00. The first-order valence-corrected chi connectivity index (χ1v) is 5.27. The number of nitrogens with two attached hydrogens (primary N) is 1. The Morgan fingerprint density at radius 2 is 1.81 bits per heavy atom. The maximum Gasteiger partial charge on any atom is 0.180 e. The first kappa shape index (κ1) is 10.9. The Morgan fingerprint density at radius 1 is 1.12 bits per heavy atom. The maximum absolute atomic E-state index is 13.3. The first-order valence-electron chi connectivity index (χ1n) is 4.39. The second-order valence-corrected chi connectivity index (χ2v) is 4.10. The van der Waals surface area contributed by atoms with Gasteiger partial charge in [0.05, 0.1) is 5.69 Å². The van der Waals surface area contributed by atoms with Crippen LogP contribution in [0.2, 0.25) is 0 Å². The van der Waals surface area contributed by atoms with E-state index < -0.39 is 17.5 Å². The van der Waals surface area contributed by atoms with Crippen molar-refractivity contribution in [3.8, 4) is 0 Å². The van der Waals surface area contributed by atoms with Crippen LogP contribution in [0.5, 0.6) is 0 Å². The van der Waals surface area contributed by atoms with E-state index in [1.807, 2.05) is 0 Å². The second kappa shape index (κ2) is 4.13. The van der Waals surface area contributed by atoms with Crippen molar-refractivity contribution in [1.82, 2.24) is 4.98 Å². The number of nitrogen functional groups attached to an aromatic ring is 1. The third kappa shape index (κ3) is 2.16. The van der Waals surface area contributed by atoms with Crippen molar-refractivity contribution in [2.75, 3.05) is 5.73 Å². The molecular weight excluding hydrogens is 237 g/mol. The van der Waals surface area contributed by atoms with E-state index in [1.54, 1.807) is 5.38 Å². The predicted octanol–water partition coefficient (Wildman–Crippen LogP) is 2.73. The van der Waals surface area contributed by atoms with Gasteiger partial charge in [0.15, 0.2) is 16.8 Å². The Bertz CT molecular complexity index is 525. The summed E-state index contributed by atoms with van der Waals surface area (Å²) in [6.45, 7) is 0. The summed E-state index contributed by atoms with van der Waals surface area (Å²) < 4.78 is 38.8. The molecule has 0 amide bonds. The van der Waals surface area contributed by atoms with Crippen LogP contribution >= 0.6 is 11.3 Å². The molecule has 0 aliphatic rings. The highest BCUT2D eigenvalue weighted by atomic mass is 32.1. The van der Waals surface area contributed by atoms with Gasteiger partial charge in [-0.25, -0.2) is 18.2 Å². The van der Waals surface area contributed by atoms with Crippen molar-refractivity contribution in [3.63, 3.8) is 0 Å². The molecule has 0 spiro atoms. The van der Waals surface area contributed by atoms with Crippen molar-refractivity contribution in [2.45, 2.75) is 6.42 Å². The van der Waals surface area contributed by atoms with Crippen LogP contribution in [0.3, 0.4) is 0 Å². The SMILES string of the molecule is Nc1nc(Cc2cc(F)c(F)cc2F)cs1. The molecule has 2 rings (SSSR count). The lowest BCUT2D eigenvalue weighted by atomic mass is 10.1. The lowest BCUT2D eigenvalue weighted by molar-refractivity contribution is 0.491. The van der Waals surface area contributed by atoms with Crippen molar-refractivity contribution < 1.29 is 13.2 Å². The van der Waals surface area contributed by atoms with E-state index in [2.05, 4.69) is 4.98 Å². The number of hydrogen-bond donors (Lipinski definition) is 1. The van der Waals surface area contributed by atoms with Crippen LogP contribution in [-0.2, 0) is 6.42 Å². The minimum atomic E-state index is -1.20. The van der Waals surface area contributed by atoms with Crippen molar-refractivity contribution >= 4 is 16.5 Å². The van der Waals surface area contributed by atoms with E-state index in [1.165, 1.54) is 11.3 Å². The molecule has 0 saturated carbocycles. The molecular formula is C10H7F3N2S. The molecule has 1 heterocycles. The summed E-state index contributed by atoms with van der Waals surface area (Å²) in [4.78, 5) is 3.91. The summed E-state index contributed by atoms with van der Waals surface area (Å²) in [6, 6.07) is 1.36. The molecule has 2 aromatic rings. The van der Waals surface area contributed by atoms with Gasteiger partial charge < -0.3 is 5.73 Å². The fourth-order valence-corrected chi connectivity index (χ4v) is 1.86. The van der Waals surface area contributed by atoms with Gasteiger partial charge in [0.1, 0.15) is 5.82 Å². The minimum Gasteiger partial charge on any atom is -0.375 e. The molecule has 0 fully saturated rings. The highest BCUT2D eigenvalue weighted by Gasteiger charge is 2.11. The van der Waals surface area contributed by atoms with E-state index >= 15 is 0 Å². The summed E-state index contributed by atoms with van der Waals surface area (Å²) in [5.74, 6) is -3.05. The molecule has 84 valence electrons. The number of hydrogen-bond acceptors (Lipinski definition) is 3. The van der Waals surface area contributed by atoms with E-state index in [4.69, 9.17) is 5.73 Å². The molecule has 16 heavy (non-hydrogen) atoms. The first-order chi connectivity index (χ1) is 7.56. The Hall–Kier alpha value is -1.56. The van der Waals surface area contributed by atoms with E-state index in [-0.39, 0.29) is 12.0 Å². The summed E-state index contributed by atoms with van der Waals surface area (Å²) >= 11 is 1.21. The monoisotopic (exact) mass is 244 g/mol. The molecule has 0 atom stereocenters. The number of nitrogens with zero attached hydrogens (tertiary/aromatic N) is 1. The van der Waals surface area contributed by atoms with Crippen molar-refractivity contribution in [1.29, 1.82) is 0 Å². The van der Waals surface area contributed by atoms with Gasteiger partial charge in [-0.05, 0) is 11.6 Å². The van der Waals surface area contributed by atoms with Gasteiger partial charge >= 0.3 is 0 Å². The minimum absolute atomic E-state index is 0.0594. The lowest BCUT2D eigenvalue weighted by Gasteiger charge is -2.01. The number of rotatable bonds is 2. The smallest absolute Gasteiger partial charge is 0.180 e. The molecule has 0 saturated heterocycles. The predicted molar refractivity (Wildman–Crippen MR) is 55.6 cm³/mol. The lowest BCUT2D eigenvalue weighted by Crippen LogP contribution is -1.97. The summed E-state index contributed by atoms with van der Waals surface area (Å²) in [7, 11) is 0. The topological polar surface area (TPSA) is 38.9 Å². The van der Waals surface area contributed by atoms with Crippen molar-refractivity contribution in [2.24, 2.45) is 0 Å². The van der Waals surface area contributed by atoms with Gasteiger partial charge in [-0.15, -0.1) is 11.3 Å². The molecule has 0 bridgehead atoms. The van der Waals surface area contributed by atoms with Gasteiger partial charge in [-0.2, -0.15) is 0 Å². The number of halogens is 3. The highest BCUT2D eigenvalue weighted by Crippen LogP contribution is 2.19. The molecule has 1 aromatic carbocycles. The molecule has 6 heteroatoms. The van der Waals surface area contributed by atoms with Crippen molar-refractivity contribution in [3.05, 3.63) is 46.2 Å². The molecule has 2 N–H and O–H groups in total. The van der Waals surface area contributed by atoms with E-state index in [0.717, 1.165) is 6.07 Å².